The average molecular weight is 1660 g/mol. The van der Waals surface area contributed by atoms with E-state index in [1.54, 1.807) is 0 Å². The summed E-state index contributed by atoms with van der Waals surface area (Å²) in [6.07, 6.45) is -14.5. The minimum Gasteiger partial charge on any atom is -0.394 e. The summed E-state index contributed by atoms with van der Waals surface area (Å²) in [4.78, 5) is 130. The van der Waals surface area contributed by atoms with Crippen LogP contribution >= 0.6 is 0 Å². The van der Waals surface area contributed by atoms with Crippen molar-refractivity contribution >= 4 is 59.1 Å². The van der Waals surface area contributed by atoms with Crippen molar-refractivity contribution in [2.75, 3.05) is 59.3 Å². The molecule has 3 saturated heterocycles. The van der Waals surface area contributed by atoms with E-state index >= 15 is 0 Å². The fourth-order valence-electron chi connectivity index (χ4n) is 12.1. The van der Waals surface area contributed by atoms with Crippen LogP contribution in [0, 0.1) is 0 Å². The van der Waals surface area contributed by atoms with Crippen LogP contribution in [0.5, 0.6) is 0 Å². The Morgan fingerprint density at radius 3 is 0.966 bits per heavy atom. The lowest BCUT2D eigenvalue weighted by atomic mass is 9.99. The number of amides is 10. The van der Waals surface area contributed by atoms with Crippen LogP contribution in [-0.4, -0.2) is 335 Å². The van der Waals surface area contributed by atoms with E-state index in [0.717, 1.165) is 0 Å². The molecule has 116 heavy (non-hydrogen) atoms. The highest BCUT2D eigenvalue weighted by Crippen LogP contribution is 2.25. The number of rotatable bonds is 54. The second kappa shape index (κ2) is 51.5. The third kappa shape index (κ3) is 33.4. The van der Waals surface area contributed by atoms with E-state index in [9.17, 15) is 109 Å². The molecule has 3 unspecified atom stereocenters. The summed E-state index contributed by atoms with van der Waals surface area (Å²) in [5.41, 5.74) is 3.07. The number of aromatic nitrogens is 9. The van der Waals surface area contributed by atoms with E-state index in [4.69, 9.17) is 34.3 Å². The first-order valence-corrected chi connectivity index (χ1v) is 38.5. The van der Waals surface area contributed by atoms with Gasteiger partial charge in [-0.3, -0.25) is 53.4 Å². The van der Waals surface area contributed by atoms with E-state index in [-0.39, 0.29) is 142 Å². The molecular formula is C68H114N20O28. The van der Waals surface area contributed by atoms with Crippen LogP contribution in [0.1, 0.15) is 140 Å². The van der Waals surface area contributed by atoms with Gasteiger partial charge in [-0.1, -0.05) is 34.9 Å². The minimum atomic E-state index is -1.64. The van der Waals surface area contributed by atoms with Gasteiger partial charge in [0.25, 0.3) is 0 Å². The molecule has 0 bridgehead atoms. The van der Waals surface area contributed by atoms with Crippen molar-refractivity contribution in [2.24, 2.45) is 5.84 Å². The highest BCUT2D eigenvalue weighted by molar-refractivity contribution is 5.90. The van der Waals surface area contributed by atoms with Gasteiger partial charge in [0, 0.05) is 65.1 Å². The normalized spacial score (nSPS) is 24.0. The largest absolute Gasteiger partial charge is 0.394 e. The molecule has 3 aromatic heterocycles. The summed E-state index contributed by atoms with van der Waals surface area (Å²) in [6.45, 7) is -0.490. The zero-order chi connectivity index (χ0) is 84.6. The quantitative estimate of drug-likeness (QED) is 0.0108. The molecular weight excluding hydrogens is 1540 g/mol. The molecule has 6 heterocycles. The third-order valence-electron chi connectivity index (χ3n) is 18.8. The van der Waals surface area contributed by atoms with Gasteiger partial charge in [-0.2, -0.15) is 0 Å². The fraction of sp³-hybridized carbons (Fsp3) is 0.765. The fourth-order valence-corrected chi connectivity index (χ4v) is 12.1. The summed E-state index contributed by atoms with van der Waals surface area (Å²) < 4.78 is 36.6. The number of nitrogens with one attached hydrogen (secondary N) is 10. The van der Waals surface area contributed by atoms with Crippen LogP contribution in [0.3, 0.4) is 0 Å². The summed E-state index contributed by atoms with van der Waals surface area (Å²) in [6, 6.07) is -3.42. The molecule has 3 aliphatic rings. The van der Waals surface area contributed by atoms with Crippen molar-refractivity contribution in [3.63, 3.8) is 0 Å². The van der Waals surface area contributed by atoms with Crippen molar-refractivity contribution < 1.29 is 138 Å². The molecule has 0 saturated carbocycles. The van der Waals surface area contributed by atoms with Crippen molar-refractivity contribution in [3.05, 3.63) is 35.7 Å². The van der Waals surface area contributed by atoms with Crippen LogP contribution in [0.4, 0.5) is 0 Å². The predicted octanol–water partition coefficient (Wildman–Crippen LogP) is -11.0. The average Bonchev–Trinajstić information content (AvgIpc) is 1.13. The SMILES string of the molecule is CC(=O)NC(CCC(=O)NCc1cn(CCO[C@H]2O[C@H](CO)[C@@H](O)[C@H](O)[C@@H]2O)nn1)C(=O)NCCCCCC(=O)NC(CCC(=O)NCc1cn(CCO[C@H]2O[C@H](CO)[C@@H](O)[C@H](O)[C@@H]2O)nn1)C(=O)NCCCCCC(=O)NC(CCC(=O)NCc1cn(CCO[C@H]2O[C@H](CO)[C@@H](O)[C@H](O)[C@@H]2O)nn1)C(=O)NCCCCCC(=O)NN. The molecule has 0 aromatic carbocycles. The van der Waals surface area contributed by atoms with E-state index in [2.05, 4.69) is 84.2 Å². The Morgan fingerprint density at radius 1 is 0.388 bits per heavy atom. The zero-order valence-corrected chi connectivity index (χ0v) is 64.5. The maximum absolute atomic E-state index is 13.8. The van der Waals surface area contributed by atoms with Crippen LogP contribution in [0.25, 0.3) is 0 Å². The Kier molecular flexibility index (Phi) is 42.7. The number of nitrogens with two attached hydrogens (primary N) is 1. The third-order valence-corrected chi connectivity index (χ3v) is 18.8. The molecule has 6 rings (SSSR count). The monoisotopic (exact) mass is 1660 g/mol. The molecule has 48 heteroatoms. The van der Waals surface area contributed by atoms with Gasteiger partial charge in [0.2, 0.25) is 59.1 Å². The first-order chi connectivity index (χ1) is 55.6. The summed E-state index contributed by atoms with van der Waals surface area (Å²) >= 11 is 0. The molecule has 654 valence electrons. The first kappa shape index (κ1) is 96.2. The van der Waals surface area contributed by atoms with Crippen molar-refractivity contribution in [1.29, 1.82) is 0 Å². The Balaban J connectivity index is 0.938. The summed E-state index contributed by atoms with van der Waals surface area (Å²) in [7, 11) is 0. The number of carbonyl (C=O) groups excluding carboxylic acids is 10. The molecule has 0 radical (unpaired) electrons. The number of unbranched alkanes of at least 4 members (excludes halogenated alkanes) is 6. The second-order valence-corrected chi connectivity index (χ2v) is 27.9. The van der Waals surface area contributed by atoms with Gasteiger partial charge < -0.3 is 138 Å². The van der Waals surface area contributed by atoms with E-state index in [0.29, 0.717) is 74.9 Å². The molecule has 3 aromatic rings. The standard InChI is InChI=1S/C68H114N20O28/c1-38(92)76-42(14-17-48(93)73-29-39-32-86(83-80-39)23-26-111-66-60(105)57(102)54(99)45(35-89)114-66)63(108)70-20-8-2-5-11-51(96)77-43(15-18-49(94)74-30-40-33-87(84-81-40)24-27-112-67-61(106)58(103)55(100)46(36-90)115-67)64(109)71-21-9-3-6-12-52(97)78-44(65(110)72-22-10-4-7-13-53(98)79-69)16-19-50(95)75-31-41-34-88(85-82-41)25-28-113-68-62(107)59(104)56(101)47(37-91)116-68/h32-34,42-47,54-62,66-68,89-91,99-107H,2-31,35-37,69H2,1H3,(H,70,108)(H,71,109)(H,72,110)(H,73,93)(H,74,94)(H,75,95)(H,76,92)(H,77,96)(H,78,97)(H,79,98)/t42?,43?,44?,45-,46-,47-,54-,55-,56-,57+,58+,59+,60+,61+,62+,66+,67+,68+/m1/s1. The van der Waals surface area contributed by atoms with Gasteiger partial charge in [-0.15, -0.1) is 15.3 Å². The van der Waals surface area contributed by atoms with Gasteiger partial charge in [0.1, 0.15) is 108 Å². The van der Waals surface area contributed by atoms with Gasteiger partial charge >= 0.3 is 0 Å². The van der Waals surface area contributed by atoms with Crippen molar-refractivity contribution in [2.45, 2.75) is 272 Å². The summed E-state index contributed by atoms with van der Waals surface area (Å²) in [5.74, 6) is 0.0689. The van der Waals surface area contributed by atoms with Crippen LogP contribution in [0.15, 0.2) is 18.6 Å². The van der Waals surface area contributed by atoms with E-state index < -0.39 is 183 Å². The molecule has 24 N–H and O–H groups in total. The first-order valence-electron chi connectivity index (χ1n) is 38.5. The molecule has 0 aliphatic carbocycles. The maximum Gasteiger partial charge on any atom is 0.242 e. The number of hydrogen-bond acceptors (Lipinski definition) is 35. The highest BCUT2D eigenvalue weighted by Gasteiger charge is 2.46. The smallest absolute Gasteiger partial charge is 0.242 e. The topological polar surface area (TPSA) is 707 Å². The van der Waals surface area contributed by atoms with Crippen molar-refractivity contribution in [1.82, 2.24) is 98.3 Å². The number of hydrazine groups is 1. The predicted molar refractivity (Wildman–Crippen MR) is 391 cm³/mol. The van der Waals surface area contributed by atoms with E-state index in [1.807, 2.05) is 0 Å². The Labute approximate surface area is 665 Å². The van der Waals surface area contributed by atoms with E-state index in [1.165, 1.54) is 39.6 Å². The Bertz CT molecular complexity index is 3500. The van der Waals surface area contributed by atoms with Gasteiger partial charge in [-0.05, 0) is 57.8 Å². The lowest BCUT2D eigenvalue weighted by Gasteiger charge is -2.39. The maximum atomic E-state index is 13.8. The number of aliphatic hydroxyl groups is 12. The Morgan fingerprint density at radius 2 is 0.681 bits per heavy atom. The number of carbonyl (C=O) groups is 10. The van der Waals surface area contributed by atoms with Crippen LogP contribution in [-0.2, 0) is 116 Å². The zero-order valence-electron chi connectivity index (χ0n) is 64.5. The lowest BCUT2D eigenvalue weighted by molar-refractivity contribution is -0.301. The lowest BCUT2D eigenvalue weighted by Crippen LogP contribution is -2.59. The molecule has 10 amide bonds. The molecule has 3 aliphatic heterocycles. The van der Waals surface area contributed by atoms with Crippen molar-refractivity contribution in [3.8, 4) is 0 Å². The van der Waals surface area contributed by atoms with Gasteiger partial charge in [0.05, 0.1) is 97.5 Å². The number of hydrogen-bond donors (Lipinski definition) is 23. The molecule has 18 atom stereocenters. The summed E-state index contributed by atoms with van der Waals surface area (Å²) in [5, 5.41) is 168. The molecule has 0 spiro atoms. The number of nitrogens with zero attached hydrogens (tertiary/aromatic N) is 9. The highest BCUT2D eigenvalue weighted by atomic mass is 16.7. The minimum absolute atomic E-state index is 0.0464. The van der Waals surface area contributed by atoms with Crippen LogP contribution < -0.4 is 59.1 Å². The molecule has 3 fully saturated rings. The molecule has 48 nitrogen and oxygen atoms in total. The number of aliphatic hydroxyl groups excluding tert-OH is 12. The second-order valence-electron chi connectivity index (χ2n) is 27.9. The Hall–Kier alpha value is -8.64. The van der Waals surface area contributed by atoms with Crippen LogP contribution in [0.2, 0.25) is 0 Å². The van der Waals surface area contributed by atoms with Gasteiger partial charge in [0.15, 0.2) is 18.9 Å². The van der Waals surface area contributed by atoms with Gasteiger partial charge in [-0.25, -0.2) is 19.9 Å². The number of ether oxygens (including phenoxy) is 6.